The number of ketones is 1. The second kappa shape index (κ2) is 9.48. The zero-order valence-corrected chi connectivity index (χ0v) is 17.8. The molecule has 0 spiro atoms. The van der Waals surface area contributed by atoms with Gasteiger partial charge in [0.05, 0.1) is 17.6 Å². The van der Waals surface area contributed by atoms with Gasteiger partial charge in [-0.05, 0) is 37.8 Å². The fraction of sp³-hybridized carbons (Fsp3) is 0.667. The van der Waals surface area contributed by atoms with E-state index in [4.69, 9.17) is 4.74 Å². The Labute approximate surface area is 168 Å². The van der Waals surface area contributed by atoms with Gasteiger partial charge in [0.15, 0.2) is 5.78 Å². The van der Waals surface area contributed by atoms with E-state index in [1.807, 2.05) is 0 Å². The van der Waals surface area contributed by atoms with Crippen LogP contribution in [0.25, 0.3) is 0 Å². The number of sulfonamides is 1. The van der Waals surface area contributed by atoms with Gasteiger partial charge >= 0.3 is 0 Å². The second-order valence-electron chi connectivity index (χ2n) is 8.00. The number of carbonyl (C=O) groups is 1. The first kappa shape index (κ1) is 21.4. The molecule has 0 unspecified atom stereocenters. The van der Waals surface area contributed by atoms with Crippen LogP contribution in [0.4, 0.5) is 0 Å². The van der Waals surface area contributed by atoms with Crippen LogP contribution in [-0.2, 0) is 14.8 Å². The van der Waals surface area contributed by atoms with Gasteiger partial charge in [-0.1, -0.05) is 31.9 Å². The number of carbonyl (C=O) groups excluding carboxylic acids is 1. The van der Waals surface area contributed by atoms with E-state index in [-0.39, 0.29) is 10.7 Å². The summed E-state index contributed by atoms with van der Waals surface area (Å²) < 4.78 is 33.3. The third-order valence-electron chi connectivity index (χ3n) is 6.00. The molecule has 2 aliphatic rings. The Morgan fingerprint density at radius 2 is 1.71 bits per heavy atom. The maximum atomic E-state index is 12.8. The van der Waals surface area contributed by atoms with Gasteiger partial charge in [0, 0.05) is 38.3 Å². The molecule has 0 amide bonds. The van der Waals surface area contributed by atoms with Gasteiger partial charge < -0.3 is 4.74 Å². The van der Waals surface area contributed by atoms with E-state index >= 15 is 0 Å². The summed E-state index contributed by atoms with van der Waals surface area (Å²) >= 11 is 0. The summed E-state index contributed by atoms with van der Waals surface area (Å²) in [6.45, 7) is 7.71. The number of rotatable bonds is 7. The average Bonchev–Trinajstić information content (AvgIpc) is 2.70. The lowest BCUT2D eigenvalue weighted by Gasteiger charge is -2.35. The Morgan fingerprint density at radius 1 is 1.07 bits per heavy atom. The van der Waals surface area contributed by atoms with Gasteiger partial charge in [-0.25, -0.2) is 8.42 Å². The molecule has 1 aromatic rings. The zero-order valence-electron chi connectivity index (χ0n) is 17.0. The Bertz CT molecular complexity index is 755. The number of hydrogen-bond acceptors (Lipinski definition) is 5. The summed E-state index contributed by atoms with van der Waals surface area (Å²) in [7, 11) is -3.51. The Kier molecular flexibility index (Phi) is 7.25. The SMILES string of the molecule is CC(=O)c1ccc(S(=O)(=O)N2CCN(CCO[C@H]3CCCC[C@H]3C)CC2)cc1. The van der Waals surface area contributed by atoms with E-state index in [2.05, 4.69) is 11.8 Å². The first-order valence-electron chi connectivity index (χ1n) is 10.3. The van der Waals surface area contributed by atoms with Gasteiger partial charge in [0.1, 0.15) is 0 Å². The highest BCUT2D eigenvalue weighted by Gasteiger charge is 2.29. The monoisotopic (exact) mass is 408 g/mol. The van der Waals surface area contributed by atoms with Crippen LogP contribution < -0.4 is 0 Å². The summed E-state index contributed by atoms with van der Waals surface area (Å²) in [4.78, 5) is 13.9. The molecule has 3 rings (SSSR count). The van der Waals surface area contributed by atoms with Gasteiger partial charge in [0.25, 0.3) is 0 Å². The molecular weight excluding hydrogens is 376 g/mol. The zero-order chi connectivity index (χ0) is 20.1. The van der Waals surface area contributed by atoms with E-state index in [9.17, 15) is 13.2 Å². The minimum absolute atomic E-state index is 0.0672. The molecule has 6 nitrogen and oxygen atoms in total. The summed E-state index contributed by atoms with van der Waals surface area (Å²) in [6.07, 6.45) is 5.38. The Balaban J connectivity index is 1.46. The number of piperazine rings is 1. The van der Waals surface area contributed by atoms with Crippen LogP contribution in [-0.4, -0.2) is 68.8 Å². The van der Waals surface area contributed by atoms with Crippen molar-refractivity contribution in [2.24, 2.45) is 5.92 Å². The number of hydrogen-bond donors (Lipinski definition) is 0. The summed E-state index contributed by atoms with van der Waals surface area (Å²) in [5.74, 6) is 0.576. The van der Waals surface area contributed by atoms with Crippen LogP contribution in [0.15, 0.2) is 29.2 Å². The minimum atomic E-state index is -3.51. The summed E-state index contributed by atoms with van der Waals surface area (Å²) in [5, 5.41) is 0. The lowest BCUT2D eigenvalue weighted by atomic mass is 9.88. The lowest BCUT2D eigenvalue weighted by Crippen LogP contribution is -2.49. The van der Waals surface area contributed by atoms with E-state index in [1.54, 1.807) is 12.1 Å². The van der Waals surface area contributed by atoms with E-state index in [1.165, 1.54) is 42.6 Å². The Hall–Kier alpha value is -1.28. The first-order valence-corrected chi connectivity index (χ1v) is 11.8. The topological polar surface area (TPSA) is 66.9 Å². The number of ether oxygens (including phenoxy) is 1. The number of Topliss-reactive ketones (excluding diaryl/α,β-unsaturated/α-hetero) is 1. The molecule has 2 fully saturated rings. The molecule has 28 heavy (non-hydrogen) atoms. The molecule has 0 bridgehead atoms. The fourth-order valence-electron chi connectivity index (χ4n) is 4.07. The Morgan fingerprint density at radius 3 is 2.32 bits per heavy atom. The molecule has 0 radical (unpaired) electrons. The van der Waals surface area contributed by atoms with Gasteiger partial charge in [0.2, 0.25) is 10.0 Å². The van der Waals surface area contributed by atoms with Crippen molar-refractivity contribution in [3.8, 4) is 0 Å². The van der Waals surface area contributed by atoms with Crippen molar-refractivity contribution in [1.29, 1.82) is 0 Å². The summed E-state index contributed by atoms with van der Waals surface area (Å²) in [6, 6.07) is 6.21. The smallest absolute Gasteiger partial charge is 0.243 e. The molecule has 7 heteroatoms. The molecule has 1 heterocycles. The molecule has 1 saturated carbocycles. The van der Waals surface area contributed by atoms with Crippen molar-refractivity contribution in [2.75, 3.05) is 39.3 Å². The van der Waals surface area contributed by atoms with E-state index in [0.717, 1.165) is 13.0 Å². The maximum absolute atomic E-state index is 12.8. The normalized spacial score (nSPS) is 24.9. The molecule has 0 aromatic heterocycles. The van der Waals surface area contributed by atoms with Gasteiger partial charge in [-0.3, -0.25) is 9.69 Å². The molecule has 1 saturated heterocycles. The third kappa shape index (κ3) is 5.20. The molecule has 156 valence electrons. The van der Waals surface area contributed by atoms with Crippen LogP contribution in [0.3, 0.4) is 0 Å². The first-order chi connectivity index (χ1) is 13.4. The molecule has 2 atom stereocenters. The largest absolute Gasteiger partial charge is 0.377 e. The lowest BCUT2D eigenvalue weighted by molar-refractivity contribution is -0.0160. The average molecular weight is 409 g/mol. The van der Waals surface area contributed by atoms with Crippen molar-refractivity contribution in [2.45, 2.75) is 50.5 Å². The van der Waals surface area contributed by atoms with Gasteiger partial charge in [-0.2, -0.15) is 4.31 Å². The molecule has 1 aliphatic carbocycles. The number of nitrogens with zero attached hydrogens (tertiary/aromatic N) is 2. The maximum Gasteiger partial charge on any atom is 0.243 e. The van der Waals surface area contributed by atoms with Crippen LogP contribution in [0.5, 0.6) is 0 Å². The minimum Gasteiger partial charge on any atom is -0.377 e. The van der Waals surface area contributed by atoms with Crippen molar-refractivity contribution >= 4 is 15.8 Å². The van der Waals surface area contributed by atoms with Crippen LogP contribution >= 0.6 is 0 Å². The molecule has 0 N–H and O–H groups in total. The predicted molar refractivity (Wildman–Crippen MR) is 109 cm³/mol. The standard InChI is InChI=1S/C21H32N2O4S/c1-17-5-3-4-6-21(17)27-16-15-22-11-13-23(14-12-22)28(25,26)20-9-7-19(8-10-20)18(2)24/h7-10,17,21H,3-6,11-16H2,1-2H3/t17-,21+/m1/s1. The van der Waals surface area contributed by atoms with Crippen LogP contribution in [0.1, 0.15) is 49.9 Å². The summed E-state index contributed by atoms with van der Waals surface area (Å²) in [5.41, 5.74) is 0.524. The van der Waals surface area contributed by atoms with E-state index in [0.29, 0.717) is 50.4 Å². The molecule has 1 aliphatic heterocycles. The van der Waals surface area contributed by atoms with Crippen molar-refractivity contribution in [3.63, 3.8) is 0 Å². The number of benzene rings is 1. The highest BCUT2D eigenvalue weighted by Crippen LogP contribution is 2.26. The highest BCUT2D eigenvalue weighted by molar-refractivity contribution is 7.89. The molecular formula is C21H32N2O4S. The van der Waals surface area contributed by atoms with Crippen molar-refractivity contribution in [1.82, 2.24) is 9.21 Å². The predicted octanol–water partition coefficient (Wildman–Crippen LogP) is 2.79. The van der Waals surface area contributed by atoms with Crippen LogP contribution in [0.2, 0.25) is 0 Å². The fourth-order valence-corrected chi connectivity index (χ4v) is 5.49. The van der Waals surface area contributed by atoms with Gasteiger partial charge in [-0.15, -0.1) is 0 Å². The van der Waals surface area contributed by atoms with Crippen molar-refractivity contribution < 1.29 is 17.9 Å². The van der Waals surface area contributed by atoms with Crippen LogP contribution in [0, 0.1) is 5.92 Å². The molecule has 1 aromatic carbocycles. The highest BCUT2D eigenvalue weighted by atomic mass is 32.2. The third-order valence-corrected chi connectivity index (χ3v) is 7.91. The second-order valence-corrected chi connectivity index (χ2v) is 9.94. The van der Waals surface area contributed by atoms with E-state index < -0.39 is 10.0 Å². The quantitative estimate of drug-likeness (QED) is 0.649. The van der Waals surface area contributed by atoms with Crippen molar-refractivity contribution in [3.05, 3.63) is 29.8 Å².